The molecule has 1 aromatic heterocycles. The lowest BCUT2D eigenvalue weighted by molar-refractivity contribution is -0.130. The summed E-state index contributed by atoms with van der Waals surface area (Å²) in [5.74, 6) is -3.36. The highest BCUT2D eigenvalue weighted by Gasteiger charge is 2.27. The first-order chi connectivity index (χ1) is 27.1. The smallest absolute Gasteiger partial charge is 0.329 e. The predicted octanol–water partition coefficient (Wildman–Crippen LogP) is 4.42. The van der Waals surface area contributed by atoms with Crippen LogP contribution in [0.25, 0.3) is 11.0 Å². The van der Waals surface area contributed by atoms with E-state index in [0.717, 1.165) is 66.8 Å². The van der Waals surface area contributed by atoms with Gasteiger partial charge in [0.1, 0.15) is 12.1 Å². The highest BCUT2D eigenvalue weighted by molar-refractivity contribution is 5.96. The Morgan fingerprint density at radius 1 is 0.768 bits per heavy atom. The highest BCUT2D eigenvalue weighted by atomic mass is 19.2. The van der Waals surface area contributed by atoms with Crippen molar-refractivity contribution in [2.45, 2.75) is 64.3 Å². The van der Waals surface area contributed by atoms with Crippen molar-refractivity contribution in [3.63, 3.8) is 0 Å². The average molecular weight is 767 g/mol. The van der Waals surface area contributed by atoms with E-state index < -0.39 is 41.6 Å². The Morgan fingerprint density at radius 3 is 2.25 bits per heavy atom. The predicted molar refractivity (Wildman–Crippen MR) is 212 cm³/mol. The summed E-state index contributed by atoms with van der Waals surface area (Å²) < 4.78 is 31.5. The van der Waals surface area contributed by atoms with Crippen molar-refractivity contribution in [1.82, 2.24) is 30.0 Å². The molecule has 56 heavy (non-hydrogen) atoms. The van der Waals surface area contributed by atoms with Gasteiger partial charge in [0.25, 0.3) is 0 Å². The van der Waals surface area contributed by atoms with Gasteiger partial charge in [0.2, 0.25) is 11.8 Å². The van der Waals surface area contributed by atoms with Gasteiger partial charge >= 0.3 is 11.7 Å². The van der Waals surface area contributed by atoms with E-state index in [4.69, 9.17) is 5.73 Å². The summed E-state index contributed by atoms with van der Waals surface area (Å²) in [5.41, 5.74) is 10.5. The first-order valence-electron chi connectivity index (χ1n) is 18.9. The van der Waals surface area contributed by atoms with Gasteiger partial charge in [-0.3, -0.25) is 18.7 Å². The molecule has 1 saturated heterocycles. The number of urea groups is 1. The third-order valence-corrected chi connectivity index (χ3v) is 10.1. The van der Waals surface area contributed by atoms with Crippen LogP contribution >= 0.6 is 0 Å². The van der Waals surface area contributed by atoms with Crippen LogP contribution in [0.5, 0.6) is 0 Å². The third-order valence-electron chi connectivity index (χ3n) is 10.1. The van der Waals surface area contributed by atoms with Gasteiger partial charge in [0.15, 0.2) is 11.6 Å². The standard InChI is InChI=1S/C42H48F2N8O4/c1-28-9-5-6-12-31(28)27-52-38-25-32(14-16-37(38)51(42(52)56)22-21-50-19-7-8-20-50)47-41(55)49-36(24-30-13-15-33(43)34(44)23-30)40(54)48-35(17-18-45)39(53)46-26-29-10-3-2-4-11-29/h2-6,9-16,23,25,35-36H,7-8,17-22,24,26-27,45H2,1H3,(H,46,53)(H,48,54)(H2,47,49,55)/t35-,36-/m0/s1. The van der Waals surface area contributed by atoms with Crippen molar-refractivity contribution in [2.75, 3.05) is 31.5 Å². The highest BCUT2D eigenvalue weighted by Crippen LogP contribution is 2.22. The van der Waals surface area contributed by atoms with Crippen LogP contribution in [0.4, 0.5) is 19.3 Å². The molecule has 0 unspecified atom stereocenters. The van der Waals surface area contributed by atoms with Gasteiger partial charge in [-0.2, -0.15) is 0 Å². The summed E-state index contributed by atoms with van der Waals surface area (Å²) in [7, 11) is 0. The van der Waals surface area contributed by atoms with Crippen LogP contribution in [-0.4, -0.2) is 70.1 Å². The van der Waals surface area contributed by atoms with E-state index in [0.29, 0.717) is 24.3 Å². The van der Waals surface area contributed by atoms with Crippen LogP contribution in [0.3, 0.4) is 0 Å². The monoisotopic (exact) mass is 766 g/mol. The lowest BCUT2D eigenvalue weighted by Gasteiger charge is -2.23. The number of hydrogen-bond acceptors (Lipinski definition) is 6. The molecule has 1 aliphatic heterocycles. The molecule has 0 spiro atoms. The maximum Gasteiger partial charge on any atom is 0.329 e. The Kier molecular flexibility index (Phi) is 13.3. The quantitative estimate of drug-likeness (QED) is 0.100. The summed E-state index contributed by atoms with van der Waals surface area (Å²) >= 11 is 0. The van der Waals surface area contributed by atoms with E-state index in [1.165, 1.54) is 6.07 Å². The number of nitrogens with zero attached hydrogens (tertiary/aromatic N) is 3. The van der Waals surface area contributed by atoms with Gasteiger partial charge in [0, 0.05) is 31.7 Å². The summed E-state index contributed by atoms with van der Waals surface area (Å²) in [5, 5.41) is 10.9. The van der Waals surface area contributed by atoms with Crippen LogP contribution < -0.4 is 32.7 Å². The number of amides is 4. The van der Waals surface area contributed by atoms with Crippen molar-refractivity contribution in [2.24, 2.45) is 5.73 Å². The largest absolute Gasteiger partial charge is 0.350 e. The molecule has 2 heterocycles. The zero-order valence-electron chi connectivity index (χ0n) is 31.4. The number of aromatic nitrogens is 2. The number of imidazole rings is 1. The number of halogens is 2. The fraction of sp³-hybridized carbons (Fsp3) is 0.333. The van der Waals surface area contributed by atoms with Gasteiger partial charge in [-0.05, 0) is 98.4 Å². The van der Waals surface area contributed by atoms with E-state index in [-0.39, 0.29) is 37.2 Å². The molecule has 4 aromatic carbocycles. The second kappa shape index (κ2) is 18.7. The van der Waals surface area contributed by atoms with Crippen LogP contribution in [0.2, 0.25) is 0 Å². The van der Waals surface area contributed by atoms with E-state index in [2.05, 4.69) is 26.2 Å². The number of rotatable bonds is 16. The van der Waals surface area contributed by atoms with Crippen molar-refractivity contribution in [3.05, 3.63) is 135 Å². The van der Waals surface area contributed by atoms with Crippen LogP contribution in [0.15, 0.2) is 95.8 Å². The number of carbonyl (C=O) groups excluding carboxylic acids is 3. The van der Waals surface area contributed by atoms with Gasteiger partial charge in [0.05, 0.1) is 17.6 Å². The first-order valence-corrected chi connectivity index (χ1v) is 18.9. The lowest BCUT2D eigenvalue weighted by atomic mass is 10.0. The number of nitrogens with two attached hydrogens (primary N) is 1. The minimum atomic E-state index is -1.31. The summed E-state index contributed by atoms with van der Waals surface area (Å²) in [6.45, 7) is 5.89. The Hall–Kier alpha value is -5.86. The zero-order valence-corrected chi connectivity index (χ0v) is 31.4. The molecule has 0 saturated carbocycles. The molecule has 2 atom stereocenters. The third kappa shape index (κ3) is 10.1. The Bertz CT molecular complexity index is 2220. The molecule has 6 N–H and O–H groups in total. The first kappa shape index (κ1) is 39.8. The Morgan fingerprint density at radius 2 is 1.52 bits per heavy atom. The molecule has 6 rings (SSSR count). The Balaban J connectivity index is 1.23. The summed E-state index contributed by atoms with van der Waals surface area (Å²) in [6.07, 6.45) is 2.18. The molecule has 0 radical (unpaired) electrons. The molecule has 14 heteroatoms. The lowest BCUT2D eigenvalue weighted by Crippen LogP contribution is -2.55. The Labute approximate surface area is 324 Å². The van der Waals surface area contributed by atoms with Crippen LogP contribution in [-0.2, 0) is 35.6 Å². The van der Waals surface area contributed by atoms with E-state index in [1.807, 2.05) is 61.5 Å². The topological polar surface area (TPSA) is 156 Å². The van der Waals surface area contributed by atoms with Crippen LogP contribution in [0.1, 0.15) is 41.5 Å². The minimum absolute atomic E-state index is 0.0861. The SMILES string of the molecule is Cc1ccccc1Cn1c(=O)n(CCN2CCCC2)c2ccc(NC(=O)N[C@@H](Cc3ccc(F)c(F)c3)C(=O)N[C@@H](CCN)C(=O)NCc3ccccc3)cc21. The number of likely N-dealkylation sites (tertiary alicyclic amines) is 1. The number of nitrogens with one attached hydrogen (secondary N) is 4. The second-order valence-corrected chi connectivity index (χ2v) is 14.1. The van der Waals surface area contributed by atoms with Gasteiger partial charge in [-0.15, -0.1) is 0 Å². The van der Waals surface area contributed by atoms with Crippen LogP contribution in [0, 0.1) is 18.6 Å². The van der Waals surface area contributed by atoms with Crippen molar-refractivity contribution in [1.29, 1.82) is 0 Å². The van der Waals surface area contributed by atoms with Gasteiger partial charge in [-0.25, -0.2) is 18.4 Å². The van der Waals surface area contributed by atoms with E-state index in [9.17, 15) is 28.0 Å². The number of benzene rings is 4. The van der Waals surface area contributed by atoms with Gasteiger partial charge < -0.3 is 31.9 Å². The minimum Gasteiger partial charge on any atom is -0.350 e. The van der Waals surface area contributed by atoms with Crippen molar-refractivity contribution < 1.29 is 23.2 Å². The number of anilines is 1. The van der Waals surface area contributed by atoms with Gasteiger partial charge in [-0.1, -0.05) is 60.7 Å². The summed E-state index contributed by atoms with van der Waals surface area (Å²) in [6, 6.07) is 22.4. The molecule has 4 amide bonds. The zero-order chi connectivity index (χ0) is 39.6. The maximum atomic E-state index is 14.2. The molecule has 1 fully saturated rings. The maximum absolute atomic E-state index is 14.2. The molecule has 12 nitrogen and oxygen atoms in total. The molecule has 294 valence electrons. The van der Waals surface area contributed by atoms with E-state index >= 15 is 0 Å². The molecular formula is C42H48F2N8O4. The number of carbonyl (C=O) groups is 3. The van der Waals surface area contributed by atoms with Crippen molar-refractivity contribution in [3.8, 4) is 0 Å². The average Bonchev–Trinajstić information content (AvgIpc) is 3.80. The normalized spacial score (nSPS) is 14.0. The molecule has 5 aromatic rings. The molecule has 0 bridgehead atoms. The fourth-order valence-corrected chi connectivity index (χ4v) is 7.02. The molecule has 0 aliphatic carbocycles. The fourth-order valence-electron chi connectivity index (χ4n) is 7.02. The number of fused-ring (bicyclic) bond motifs is 1. The van der Waals surface area contributed by atoms with E-state index in [1.54, 1.807) is 27.3 Å². The van der Waals surface area contributed by atoms with Crippen molar-refractivity contribution >= 4 is 34.6 Å². The number of aryl methyl sites for hydroxylation is 1. The molecular weight excluding hydrogens is 719 g/mol. The number of hydrogen-bond donors (Lipinski definition) is 5. The molecule has 1 aliphatic rings. The summed E-state index contributed by atoms with van der Waals surface area (Å²) in [4.78, 5) is 56.9. The second-order valence-electron chi connectivity index (χ2n) is 14.1.